The fourth-order valence-corrected chi connectivity index (χ4v) is 6.39. The van der Waals surface area contributed by atoms with Crippen LogP contribution in [0.1, 0.15) is 81.2 Å². The lowest BCUT2D eigenvalue weighted by Gasteiger charge is -2.24. The van der Waals surface area contributed by atoms with E-state index in [1.807, 2.05) is 44.2 Å². The largest absolute Gasteiger partial charge is 0.337 e. The van der Waals surface area contributed by atoms with Crippen LogP contribution in [0, 0.1) is 13.8 Å². The molecular formula is C31H36F2N4O2S. The number of nitrogens with zero attached hydrogens (tertiary/aromatic N) is 3. The lowest BCUT2D eigenvalue weighted by Crippen LogP contribution is -2.40. The molecule has 5 rings (SSSR count). The molecule has 2 aromatic carbocycles. The Balaban J connectivity index is 1.45. The summed E-state index contributed by atoms with van der Waals surface area (Å²) in [5.74, 6) is -1.73. The van der Waals surface area contributed by atoms with Crippen LogP contribution < -0.4 is 4.72 Å². The predicted molar refractivity (Wildman–Crippen MR) is 156 cm³/mol. The topological polar surface area (TPSA) is 70.7 Å². The second-order valence-electron chi connectivity index (χ2n) is 11.0. The number of halogens is 2. The Bertz CT molecular complexity index is 1420. The molecule has 1 saturated carbocycles. The summed E-state index contributed by atoms with van der Waals surface area (Å²) in [5, 5.41) is 3.97. The minimum Gasteiger partial charge on any atom is -0.337 e. The normalized spacial score (nSPS) is 16.7. The van der Waals surface area contributed by atoms with Gasteiger partial charge in [-0.1, -0.05) is 61.7 Å². The highest BCUT2D eigenvalue weighted by Gasteiger charge is 2.49. The molecule has 0 atom stereocenters. The zero-order chi connectivity index (χ0) is 28.5. The summed E-state index contributed by atoms with van der Waals surface area (Å²) in [7, 11) is 0. The minimum atomic E-state index is -3.09. The second-order valence-corrected chi connectivity index (χ2v) is 11.8. The van der Waals surface area contributed by atoms with E-state index in [0.717, 1.165) is 73.9 Å². The molecule has 1 aliphatic carbocycles. The van der Waals surface area contributed by atoms with E-state index in [9.17, 15) is 4.79 Å². The van der Waals surface area contributed by atoms with Crippen molar-refractivity contribution in [2.75, 3.05) is 4.72 Å². The number of aliphatic imine (C=N–C) groups is 1. The second kappa shape index (κ2) is 11.4. The van der Waals surface area contributed by atoms with Gasteiger partial charge in [0.1, 0.15) is 11.4 Å². The molecule has 40 heavy (non-hydrogen) atoms. The Morgan fingerprint density at radius 1 is 1.12 bits per heavy atom. The van der Waals surface area contributed by atoms with E-state index in [2.05, 4.69) is 16.8 Å². The van der Waals surface area contributed by atoms with Crippen LogP contribution in [-0.4, -0.2) is 27.3 Å². The van der Waals surface area contributed by atoms with Crippen molar-refractivity contribution in [2.24, 2.45) is 4.99 Å². The fraction of sp³-hybridized carbons (Fsp3) is 0.452. The first kappa shape index (κ1) is 28.3. The standard InChI is InChI=1S/C31H36F2N4O2S/c1-5-6-13-27-34-31(16-9-10-17-31)29(38)37(27)19-22-14-15-23(25(18-22)30(4,32)33)24-11-7-8-12-26(24)40-36-28-20(2)21(3)35-39-28/h7-8,11-12,14-15,18,36H,5-6,9-10,13,16-17,19H2,1-4H3. The van der Waals surface area contributed by atoms with Gasteiger partial charge in [0.05, 0.1) is 12.2 Å². The number of carbonyl (C=O) groups is 1. The third-order valence-electron chi connectivity index (χ3n) is 7.97. The lowest BCUT2D eigenvalue weighted by molar-refractivity contribution is -0.131. The maximum Gasteiger partial charge on any atom is 0.271 e. The number of nitrogens with one attached hydrogen (secondary N) is 1. The molecule has 1 spiro atoms. The summed E-state index contributed by atoms with van der Waals surface area (Å²) in [5.41, 5.74) is 2.77. The summed E-state index contributed by atoms with van der Waals surface area (Å²) in [4.78, 5) is 21.0. The number of amides is 1. The molecule has 1 amide bonds. The third-order valence-corrected chi connectivity index (χ3v) is 8.83. The molecule has 1 aromatic heterocycles. The van der Waals surface area contributed by atoms with Crippen molar-refractivity contribution >= 4 is 29.6 Å². The number of amidine groups is 1. The smallest absolute Gasteiger partial charge is 0.271 e. The Morgan fingerprint density at radius 3 is 2.55 bits per heavy atom. The maximum absolute atomic E-state index is 15.1. The van der Waals surface area contributed by atoms with Crippen LogP contribution in [-0.2, 0) is 17.3 Å². The quantitative estimate of drug-likeness (QED) is 0.249. The molecule has 0 unspecified atom stereocenters. The highest BCUT2D eigenvalue weighted by atomic mass is 32.2. The van der Waals surface area contributed by atoms with E-state index in [1.54, 1.807) is 17.0 Å². The number of aryl methyl sites for hydroxylation is 1. The number of aromatic nitrogens is 1. The van der Waals surface area contributed by atoms with E-state index in [0.29, 0.717) is 22.6 Å². The lowest BCUT2D eigenvalue weighted by atomic mass is 9.93. The van der Waals surface area contributed by atoms with Crippen molar-refractivity contribution in [3.8, 4) is 11.1 Å². The van der Waals surface area contributed by atoms with Crippen molar-refractivity contribution in [2.45, 2.75) is 95.5 Å². The average molecular weight is 567 g/mol. The summed E-state index contributed by atoms with van der Waals surface area (Å²) in [6.45, 7) is 7.05. The molecule has 2 aliphatic rings. The summed E-state index contributed by atoms with van der Waals surface area (Å²) in [6.07, 6.45) is 6.18. The number of rotatable bonds is 10. The molecule has 0 bridgehead atoms. The van der Waals surface area contributed by atoms with Gasteiger partial charge in [0.2, 0.25) is 5.88 Å². The number of hydrogen-bond acceptors (Lipinski definition) is 6. The van der Waals surface area contributed by atoms with Gasteiger partial charge in [0.15, 0.2) is 0 Å². The first-order chi connectivity index (χ1) is 19.1. The SMILES string of the molecule is CCCCC1=NC2(CCCC2)C(=O)N1Cc1ccc(-c2ccccc2SNc2onc(C)c2C)c(C(C)(F)F)c1. The van der Waals surface area contributed by atoms with Gasteiger partial charge in [0, 0.05) is 29.4 Å². The number of alkyl halides is 2. The van der Waals surface area contributed by atoms with Crippen molar-refractivity contribution in [3.05, 3.63) is 64.8 Å². The van der Waals surface area contributed by atoms with E-state index < -0.39 is 11.5 Å². The Morgan fingerprint density at radius 2 is 1.88 bits per heavy atom. The van der Waals surface area contributed by atoms with Crippen molar-refractivity contribution in [3.63, 3.8) is 0 Å². The number of anilines is 1. The van der Waals surface area contributed by atoms with Crippen LogP contribution in [0.15, 0.2) is 56.9 Å². The maximum atomic E-state index is 15.1. The predicted octanol–water partition coefficient (Wildman–Crippen LogP) is 8.43. The number of unbranched alkanes of at least 4 members (excludes halogenated alkanes) is 1. The van der Waals surface area contributed by atoms with Gasteiger partial charge in [-0.2, -0.15) is 0 Å². The molecule has 212 valence electrons. The molecule has 0 radical (unpaired) electrons. The third kappa shape index (κ3) is 5.53. The van der Waals surface area contributed by atoms with E-state index >= 15 is 8.78 Å². The zero-order valence-electron chi connectivity index (χ0n) is 23.5. The van der Waals surface area contributed by atoms with Crippen LogP contribution in [0.3, 0.4) is 0 Å². The highest BCUT2D eigenvalue weighted by Crippen LogP contribution is 2.42. The number of hydrogen-bond donors (Lipinski definition) is 1. The summed E-state index contributed by atoms with van der Waals surface area (Å²) < 4.78 is 38.8. The van der Waals surface area contributed by atoms with Crippen LogP contribution >= 0.6 is 11.9 Å². The van der Waals surface area contributed by atoms with Crippen LogP contribution in [0.4, 0.5) is 14.7 Å². The van der Waals surface area contributed by atoms with Gasteiger partial charge >= 0.3 is 0 Å². The van der Waals surface area contributed by atoms with E-state index in [1.165, 1.54) is 11.9 Å². The van der Waals surface area contributed by atoms with Gasteiger partial charge < -0.3 is 4.52 Å². The van der Waals surface area contributed by atoms with E-state index in [4.69, 9.17) is 9.52 Å². The molecule has 1 N–H and O–H groups in total. The van der Waals surface area contributed by atoms with Crippen LogP contribution in [0.25, 0.3) is 11.1 Å². The van der Waals surface area contributed by atoms with Crippen molar-refractivity contribution in [1.82, 2.24) is 10.1 Å². The Kier molecular flexibility index (Phi) is 8.04. The molecule has 1 fully saturated rings. The van der Waals surface area contributed by atoms with Crippen LogP contribution in [0.2, 0.25) is 0 Å². The molecule has 9 heteroatoms. The van der Waals surface area contributed by atoms with Gasteiger partial charge in [-0.25, -0.2) is 8.78 Å². The molecule has 1 aliphatic heterocycles. The average Bonchev–Trinajstić information content (AvgIpc) is 3.61. The van der Waals surface area contributed by atoms with Crippen molar-refractivity contribution < 1.29 is 18.1 Å². The first-order valence-electron chi connectivity index (χ1n) is 14.0. The molecule has 6 nitrogen and oxygen atoms in total. The fourth-order valence-electron chi connectivity index (χ4n) is 5.56. The molecule has 3 aromatic rings. The number of benzene rings is 2. The van der Waals surface area contributed by atoms with Gasteiger partial charge in [0.25, 0.3) is 11.8 Å². The molecular weight excluding hydrogens is 530 g/mol. The summed E-state index contributed by atoms with van der Waals surface area (Å²) >= 11 is 1.29. The Hall–Kier alpha value is -3.20. The van der Waals surface area contributed by atoms with Crippen molar-refractivity contribution in [1.29, 1.82) is 0 Å². The van der Waals surface area contributed by atoms with Crippen LogP contribution in [0.5, 0.6) is 0 Å². The van der Waals surface area contributed by atoms with Gasteiger partial charge in [-0.3, -0.25) is 19.4 Å². The Labute approximate surface area is 238 Å². The number of carbonyl (C=O) groups excluding carboxylic acids is 1. The molecule has 2 heterocycles. The van der Waals surface area contributed by atoms with Gasteiger partial charge in [-0.05, 0) is 73.9 Å². The monoisotopic (exact) mass is 566 g/mol. The highest BCUT2D eigenvalue weighted by molar-refractivity contribution is 8.00. The minimum absolute atomic E-state index is 0.0238. The first-order valence-corrected chi connectivity index (χ1v) is 14.8. The molecule has 0 saturated heterocycles. The zero-order valence-corrected chi connectivity index (χ0v) is 24.3. The van der Waals surface area contributed by atoms with E-state index in [-0.39, 0.29) is 18.0 Å². The van der Waals surface area contributed by atoms with Gasteiger partial charge in [-0.15, -0.1) is 0 Å². The summed E-state index contributed by atoms with van der Waals surface area (Å²) in [6, 6.07) is 12.6.